The molecule has 0 fully saturated rings. The molecule has 0 spiro atoms. The molecule has 3 nitrogen and oxygen atoms in total. The van der Waals surface area contributed by atoms with Gasteiger partial charge in [0.15, 0.2) is 0 Å². The SMILES string of the molecule is CC(CN)(Cc1ccc(C(F)(F)F)cc1)C(=O)O. The van der Waals surface area contributed by atoms with Crippen molar-refractivity contribution in [3.05, 3.63) is 35.4 Å². The molecular formula is C12H14F3NO2. The quantitative estimate of drug-likeness (QED) is 0.874. The molecule has 0 aromatic heterocycles. The minimum absolute atomic E-state index is 0.0800. The molecule has 18 heavy (non-hydrogen) atoms. The Labute approximate surface area is 102 Å². The molecule has 0 aliphatic rings. The van der Waals surface area contributed by atoms with Gasteiger partial charge >= 0.3 is 12.1 Å². The topological polar surface area (TPSA) is 63.3 Å². The highest BCUT2D eigenvalue weighted by molar-refractivity contribution is 5.74. The second kappa shape index (κ2) is 4.97. The maximum atomic E-state index is 12.3. The summed E-state index contributed by atoms with van der Waals surface area (Å²) in [5.41, 5.74) is 3.99. The van der Waals surface area contributed by atoms with E-state index >= 15 is 0 Å². The summed E-state index contributed by atoms with van der Waals surface area (Å²) in [6.45, 7) is 1.39. The molecule has 0 amide bonds. The normalized spacial score (nSPS) is 15.2. The van der Waals surface area contributed by atoms with E-state index in [0.29, 0.717) is 5.56 Å². The Morgan fingerprint density at radius 1 is 1.28 bits per heavy atom. The van der Waals surface area contributed by atoms with Crippen molar-refractivity contribution in [3.63, 3.8) is 0 Å². The zero-order valence-corrected chi connectivity index (χ0v) is 9.79. The minimum Gasteiger partial charge on any atom is -0.481 e. The molecule has 1 atom stereocenters. The van der Waals surface area contributed by atoms with Crippen molar-refractivity contribution in [1.29, 1.82) is 0 Å². The van der Waals surface area contributed by atoms with Gasteiger partial charge in [-0.05, 0) is 31.0 Å². The van der Waals surface area contributed by atoms with E-state index in [1.165, 1.54) is 19.1 Å². The average molecular weight is 261 g/mol. The summed E-state index contributed by atoms with van der Waals surface area (Å²) in [4.78, 5) is 11.0. The molecule has 1 rings (SSSR count). The van der Waals surface area contributed by atoms with Crippen LogP contribution in [0.3, 0.4) is 0 Å². The number of carbonyl (C=O) groups is 1. The fraction of sp³-hybridized carbons (Fsp3) is 0.417. The van der Waals surface area contributed by atoms with E-state index in [1.807, 2.05) is 0 Å². The number of halogens is 3. The molecule has 0 saturated heterocycles. The summed E-state index contributed by atoms with van der Waals surface area (Å²) >= 11 is 0. The first-order chi connectivity index (χ1) is 8.19. The first-order valence-corrected chi connectivity index (χ1v) is 5.28. The summed E-state index contributed by atoms with van der Waals surface area (Å²) in [7, 11) is 0. The van der Waals surface area contributed by atoms with E-state index in [0.717, 1.165) is 12.1 Å². The van der Waals surface area contributed by atoms with Crippen LogP contribution in [0.5, 0.6) is 0 Å². The first kappa shape index (κ1) is 14.5. The van der Waals surface area contributed by atoms with Crippen molar-refractivity contribution < 1.29 is 23.1 Å². The molecule has 0 heterocycles. The second-order valence-electron chi connectivity index (χ2n) is 4.44. The highest BCUT2D eigenvalue weighted by atomic mass is 19.4. The maximum absolute atomic E-state index is 12.3. The van der Waals surface area contributed by atoms with Crippen LogP contribution in [0.1, 0.15) is 18.1 Å². The largest absolute Gasteiger partial charge is 0.481 e. The molecule has 0 aliphatic heterocycles. The third-order valence-corrected chi connectivity index (χ3v) is 2.84. The lowest BCUT2D eigenvalue weighted by molar-refractivity contribution is -0.147. The van der Waals surface area contributed by atoms with Gasteiger partial charge in [0.05, 0.1) is 11.0 Å². The third-order valence-electron chi connectivity index (χ3n) is 2.84. The summed E-state index contributed by atoms with van der Waals surface area (Å²) in [5.74, 6) is -1.06. The number of alkyl halides is 3. The van der Waals surface area contributed by atoms with Crippen LogP contribution in [-0.4, -0.2) is 17.6 Å². The number of benzene rings is 1. The molecule has 1 unspecified atom stereocenters. The Morgan fingerprint density at radius 2 is 1.78 bits per heavy atom. The summed E-state index contributed by atoms with van der Waals surface area (Å²) in [5, 5.41) is 9.02. The van der Waals surface area contributed by atoms with Gasteiger partial charge in [-0.2, -0.15) is 13.2 Å². The Balaban J connectivity index is 2.90. The van der Waals surface area contributed by atoms with Crippen LogP contribution in [0.15, 0.2) is 24.3 Å². The van der Waals surface area contributed by atoms with E-state index in [9.17, 15) is 18.0 Å². The standard InChI is InChI=1S/C12H14F3NO2/c1-11(7-16,10(17)18)6-8-2-4-9(5-3-8)12(13,14)15/h2-5H,6-7,16H2,1H3,(H,17,18). The van der Waals surface area contributed by atoms with E-state index in [4.69, 9.17) is 10.8 Å². The first-order valence-electron chi connectivity index (χ1n) is 5.28. The van der Waals surface area contributed by atoms with Gasteiger partial charge in [-0.15, -0.1) is 0 Å². The number of carboxylic acid groups (broad SMARTS) is 1. The number of nitrogens with two attached hydrogens (primary N) is 1. The van der Waals surface area contributed by atoms with E-state index in [-0.39, 0.29) is 13.0 Å². The predicted octanol–water partition coefficient (Wildman–Crippen LogP) is 2.30. The summed E-state index contributed by atoms with van der Waals surface area (Å²) < 4.78 is 37.0. The Bertz CT molecular complexity index is 428. The van der Waals surface area contributed by atoms with Gasteiger partial charge in [-0.3, -0.25) is 4.79 Å². The molecule has 1 aromatic rings. The lowest BCUT2D eigenvalue weighted by atomic mass is 9.83. The molecule has 0 aliphatic carbocycles. The Hall–Kier alpha value is -1.56. The number of hydrogen-bond donors (Lipinski definition) is 2. The zero-order chi connectivity index (χ0) is 14.0. The monoisotopic (exact) mass is 261 g/mol. The molecule has 100 valence electrons. The van der Waals surface area contributed by atoms with Crippen LogP contribution in [0.2, 0.25) is 0 Å². The number of aliphatic carboxylic acids is 1. The van der Waals surface area contributed by atoms with Gasteiger partial charge in [0, 0.05) is 6.54 Å². The highest BCUT2D eigenvalue weighted by Gasteiger charge is 2.33. The molecule has 3 N–H and O–H groups in total. The maximum Gasteiger partial charge on any atom is 0.416 e. The number of rotatable bonds is 4. The second-order valence-corrected chi connectivity index (χ2v) is 4.44. The van der Waals surface area contributed by atoms with Gasteiger partial charge in [-0.1, -0.05) is 12.1 Å². The smallest absolute Gasteiger partial charge is 0.416 e. The van der Waals surface area contributed by atoms with Crippen molar-refractivity contribution in [2.45, 2.75) is 19.5 Å². The molecule has 0 radical (unpaired) electrons. The Kier molecular flexibility index (Phi) is 4.01. The van der Waals surface area contributed by atoms with Crippen LogP contribution >= 0.6 is 0 Å². The van der Waals surface area contributed by atoms with Gasteiger partial charge in [0.1, 0.15) is 0 Å². The predicted molar refractivity (Wildman–Crippen MR) is 59.9 cm³/mol. The highest BCUT2D eigenvalue weighted by Crippen LogP contribution is 2.30. The number of carboxylic acids is 1. The minimum atomic E-state index is -4.39. The molecule has 1 aromatic carbocycles. The molecule has 0 bridgehead atoms. The van der Waals surface area contributed by atoms with Gasteiger partial charge in [0.2, 0.25) is 0 Å². The van der Waals surface area contributed by atoms with Crippen molar-refractivity contribution in [2.24, 2.45) is 11.1 Å². The lowest BCUT2D eigenvalue weighted by Gasteiger charge is -2.22. The van der Waals surface area contributed by atoms with Crippen LogP contribution in [0.4, 0.5) is 13.2 Å². The van der Waals surface area contributed by atoms with E-state index < -0.39 is 23.1 Å². The van der Waals surface area contributed by atoms with E-state index in [1.54, 1.807) is 0 Å². The molecule has 0 saturated carbocycles. The lowest BCUT2D eigenvalue weighted by Crippen LogP contribution is -2.37. The van der Waals surface area contributed by atoms with Gasteiger partial charge in [-0.25, -0.2) is 0 Å². The van der Waals surface area contributed by atoms with Gasteiger partial charge < -0.3 is 10.8 Å². The summed E-state index contributed by atoms with van der Waals surface area (Å²) in [6.07, 6.45) is -4.29. The van der Waals surface area contributed by atoms with Crippen molar-refractivity contribution in [3.8, 4) is 0 Å². The third kappa shape index (κ3) is 3.22. The van der Waals surface area contributed by atoms with Crippen LogP contribution in [0, 0.1) is 5.41 Å². The molecule has 6 heteroatoms. The van der Waals surface area contributed by atoms with Crippen molar-refractivity contribution in [1.82, 2.24) is 0 Å². The van der Waals surface area contributed by atoms with Crippen molar-refractivity contribution >= 4 is 5.97 Å². The molecular weight excluding hydrogens is 247 g/mol. The van der Waals surface area contributed by atoms with Crippen LogP contribution in [0.25, 0.3) is 0 Å². The fourth-order valence-corrected chi connectivity index (χ4v) is 1.50. The van der Waals surface area contributed by atoms with Crippen LogP contribution in [-0.2, 0) is 17.4 Å². The fourth-order valence-electron chi connectivity index (χ4n) is 1.50. The summed E-state index contributed by atoms with van der Waals surface area (Å²) in [6, 6.07) is 4.43. The number of hydrogen-bond acceptors (Lipinski definition) is 2. The zero-order valence-electron chi connectivity index (χ0n) is 9.79. The van der Waals surface area contributed by atoms with E-state index in [2.05, 4.69) is 0 Å². The average Bonchev–Trinajstić information content (AvgIpc) is 2.28. The Morgan fingerprint density at radius 3 is 2.11 bits per heavy atom. The van der Waals surface area contributed by atoms with Crippen LogP contribution < -0.4 is 5.73 Å². The van der Waals surface area contributed by atoms with Gasteiger partial charge in [0.25, 0.3) is 0 Å². The van der Waals surface area contributed by atoms with Crippen molar-refractivity contribution in [2.75, 3.05) is 6.54 Å².